The zero-order valence-electron chi connectivity index (χ0n) is 10.4. The molecule has 0 aromatic heterocycles. The Bertz CT molecular complexity index is 596. The average Bonchev–Trinajstić information content (AvgIpc) is 2.36. The van der Waals surface area contributed by atoms with Crippen LogP contribution in [-0.2, 0) is 0 Å². The molecular formula is C14H14FN3O. The third-order valence-electron chi connectivity index (χ3n) is 2.56. The fourth-order valence-electron chi connectivity index (χ4n) is 1.61. The van der Waals surface area contributed by atoms with Gasteiger partial charge in [-0.15, -0.1) is 0 Å². The van der Waals surface area contributed by atoms with E-state index in [4.69, 9.17) is 5.73 Å². The van der Waals surface area contributed by atoms with Crippen LogP contribution in [0.25, 0.3) is 0 Å². The van der Waals surface area contributed by atoms with Crippen molar-refractivity contribution in [1.82, 2.24) is 0 Å². The number of urea groups is 1. The number of benzene rings is 2. The molecule has 4 nitrogen and oxygen atoms in total. The standard InChI is InChI=1S/C14H14FN3O/c1-9-2-7-13(12(16)8-9)18-14(19)17-11-5-3-10(15)4-6-11/h2-8H,16H2,1H3,(H2,17,18,19). The molecule has 0 radical (unpaired) electrons. The molecule has 0 fully saturated rings. The van der Waals surface area contributed by atoms with E-state index in [-0.39, 0.29) is 5.82 Å². The minimum Gasteiger partial charge on any atom is -0.397 e. The van der Waals surface area contributed by atoms with Gasteiger partial charge in [-0.25, -0.2) is 9.18 Å². The van der Waals surface area contributed by atoms with Crippen LogP contribution in [0.4, 0.5) is 26.2 Å². The predicted octanol–water partition coefficient (Wildman–Crippen LogP) is 3.36. The zero-order chi connectivity index (χ0) is 13.8. The highest BCUT2D eigenvalue weighted by Gasteiger charge is 2.05. The normalized spacial score (nSPS) is 10.0. The maximum Gasteiger partial charge on any atom is 0.323 e. The molecule has 2 aromatic carbocycles. The summed E-state index contributed by atoms with van der Waals surface area (Å²) in [4.78, 5) is 11.7. The number of hydrogen-bond acceptors (Lipinski definition) is 2. The summed E-state index contributed by atoms with van der Waals surface area (Å²) in [5, 5.41) is 5.22. The molecule has 2 aromatic rings. The highest BCUT2D eigenvalue weighted by molar-refractivity contribution is 6.01. The van der Waals surface area contributed by atoms with Gasteiger partial charge in [0.05, 0.1) is 11.4 Å². The minimum absolute atomic E-state index is 0.353. The first-order valence-electron chi connectivity index (χ1n) is 5.74. The van der Waals surface area contributed by atoms with E-state index in [9.17, 15) is 9.18 Å². The van der Waals surface area contributed by atoms with Crippen molar-refractivity contribution in [3.63, 3.8) is 0 Å². The van der Waals surface area contributed by atoms with Gasteiger partial charge < -0.3 is 16.4 Å². The molecule has 2 amide bonds. The Kier molecular flexibility index (Phi) is 3.66. The molecule has 0 saturated carbocycles. The summed E-state index contributed by atoms with van der Waals surface area (Å²) < 4.78 is 12.7. The number of nitrogens with one attached hydrogen (secondary N) is 2. The molecule has 0 aliphatic heterocycles. The Morgan fingerprint density at radius 3 is 2.42 bits per heavy atom. The SMILES string of the molecule is Cc1ccc(NC(=O)Nc2ccc(F)cc2)c(N)c1. The zero-order valence-corrected chi connectivity index (χ0v) is 10.4. The van der Waals surface area contributed by atoms with Gasteiger partial charge in [-0.2, -0.15) is 0 Å². The molecule has 19 heavy (non-hydrogen) atoms. The van der Waals surface area contributed by atoms with E-state index in [2.05, 4.69) is 10.6 Å². The molecule has 0 spiro atoms. The number of nitrogen functional groups attached to an aromatic ring is 1. The number of amides is 2. The van der Waals surface area contributed by atoms with E-state index in [1.54, 1.807) is 12.1 Å². The van der Waals surface area contributed by atoms with Gasteiger partial charge in [0.25, 0.3) is 0 Å². The summed E-state index contributed by atoms with van der Waals surface area (Å²) >= 11 is 0. The van der Waals surface area contributed by atoms with Crippen LogP contribution < -0.4 is 16.4 Å². The van der Waals surface area contributed by atoms with Crippen molar-refractivity contribution in [3.8, 4) is 0 Å². The van der Waals surface area contributed by atoms with Gasteiger partial charge >= 0.3 is 6.03 Å². The first-order chi connectivity index (χ1) is 9.04. The molecule has 0 saturated heterocycles. The van der Waals surface area contributed by atoms with Gasteiger partial charge in [0.2, 0.25) is 0 Å². The molecule has 2 rings (SSSR count). The van der Waals surface area contributed by atoms with Gasteiger partial charge in [-0.05, 0) is 48.9 Å². The quantitative estimate of drug-likeness (QED) is 0.724. The summed E-state index contributed by atoms with van der Waals surface area (Å²) in [6.07, 6.45) is 0. The summed E-state index contributed by atoms with van der Waals surface area (Å²) in [6, 6.07) is 10.4. The lowest BCUT2D eigenvalue weighted by Gasteiger charge is -2.10. The Balaban J connectivity index is 2.03. The number of carbonyl (C=O) groups is 1. The number of rotatable bonds is 2. The van der Waals surface area contributed by atoms with Crippen molar-refractivity contribution in [3.05, 3.63) is 53.8 Å². The van der Waals surface area contributed by atoms with Crippen LogP contribution in [0.3, 0.4) is 0 Å². The number of hydrogen-bond donors (Lipinski definition) is 3. The monoisotopic (exact) mass is 259 g/mol. The van der Waals surface area contributed by atoms with Crippen molar-refractivity contribution < 1.29 is 9.18 Å². The fourth-order valence-corrected chi connectivity index (χ4v) is 1.61. The molecule has 5 heteroatoms. The van der Waals surface area contributed by atoms with Gasteiger partial charge in [0.1, 0.15) is 5.82 Å². The number of nitrogens with two attached hydrogens (primary N) is 1. The first-order valence-corrected chi connectivity index (χ1v) is 5.74. The molecule has 0 aliphatic carbocycles. The van der Waals surface area contributed by atoms with Gasteiger partial charge in [0, 0.05) is 5.69 Å². The third-order valence-corrected chi connectivity index (χ3v) is 2.56. The predicted molar refractivity (Wildman–Crippen MR) is 74.6 cm³/mol. The van der Waals surface area contributed by atoms with Crippen molar-refractivity contribution in [1.29, 1.82) is 0 Å². The van der Waals surface area contributed by atoms with E-state index in [1.165, 1.54) is 24.3 Å². The summed E-state index contributed by atoms with van der Waals surface area (Å²) in [6.45, 7) is 1.92. The minimum atomic E-state index is -0.429. The van der Waals surface area contributed by atoms with Crippen LogP contribution in [0, 0.1) is 12.7 Å². The first kappa shape index (κ1) is 12.9. The second-order valence-electron chi connectivity index (χ2n) is 4.18. The second kappa shape index (κ2) is 5.39. The van der Waals surface area contributed by atoms with Crippen LogP contribution >= 0.6 is 0 Å². The van der Waals surface area contributed by atoms with E-state index >= 15 is 0 Å². The molecule has 4 N–H and O–H groups in total. The maximum atomic E-state index is 12.7. The smallest absolute Gasteiger partial charge is 0.323 e. The molecule has 0 heterocycles. The van der Waals surface area contributed by atoms with Crippen LogP contribution in [0.1, 0.15) is 5.56 Å². The Morgan fingerprint density at radius 1 is 1.11 bits per heavy atom. The lowest BCUT2D eigenvalue weighted by atomic mass is 10.2. The number of anilines is 3. The molecule has 0 bridgehead atoms. The van der Waals surface area contributed by atoms with E-state index < -0.39 is 6.03 Å². The lowest BCUT2D eigenvalue weighted by molar-refractivity contribution is 0.262. The molecule has 0 atom stereocenters. The van der Waals surface area contributed by atoms with Crippen molar-refractivity contribution in [2.24, 2.45) is 0 Å². The van der Waals surface area contributed by atoms with Gasteiger partial charge in [-0.3, -0.25) is 0 Å². The van der Waals surface area contributed by atoms with Crippen LogP contribution in [-0.4, -0.2) is 6.03 Å². The lowest BCUT2D eigenvalue weighted by Crippen LogP contribution is -2.20. The van der Waals surface area contributed by atoms with E-state index in [0.717, 1.165) is 5.56 Å². The van der Waals surface area contributed by atoms with E-state index in [0.29, 0.717) is 17.1 Å². The summed E-state index contributed by atoms with van der Waals surface area (Å²) in [5.74, 6) is -0.353. The third kappa shape index (κ3) is 3.45. The van der Waals surface area contributed by atoms with Crippen LogP contribution in [0.2, 0.25) is 0 Å². The van der Waals surface area contributed by atoms with E-state index in [1.807, 2.05) is 13.0 Å². The van der Waals surface area contributed by atoms with Crippen molar-refractivity contribution >= 4 is 23.1 Å². The van der Waals surface area contributed by atoms with Crippen molar-refractivity contribution in [2.45, 2.75) is 6.92 Å². The Labute approximate surface area is 110 Å². The fraction of sp³-hybridized carbons (Fsp3) is 0.0714. The van der Waals surface area contributed by atoms with Gasteiger partial charge in [-0.1, -0.05) is 6.07 Å². The van der Waals surface area contributed by atoms with Gasteiger partial charge in [0.15, 0.2) is 0 Å². The average molecular weight is 259 g/mol. The summed E-state index contributed by atoms with van der Waals surface area (Å²) in [5.41, 5.74) is 8.34. The Morgan fingerprint density at radius 2 is 1.79 bits per heavy atom. The topological polar surface area (TPSA) is 67.2 Å². The Hall–Kier alpha value is -2.56. The molecule has 0 unspecified atom stereocenters. The van der Waals surface area contributed by atoms with Crippen LogP contribution in [0.15, 0.2) is 42.5 Å². The largest absolute Gasteiger partial charge is 0.397 e. The number of halogens is 1. The number of aryl methyl sites for hydroxylation is 1. The molecular weight excluding hydrogens is 245 g/mol. The highest BCUT2D eigenvalue weighted by atomic mass is 19.1. The molecule has 0 aliphatic rings. The molecule has 98 valence electrons. The highest BCUT2D eigenvalue weighted by Crippen LogP contribution is 2.19. The number of carbonyl (C=O) groups excluding carboxylic acids is 1. The maximum absolute atomic E-state index is 12.7. The van der Waals surface area contributed by atoms with Crippen molar-refractivity contribution in [2.75, 3.05) is 16.4 Å². The summed E-state index contributed by atoms with van der Waals surface area (Å²) in [7, 11) is 0. The second-order valence-corrected chi connectivity index (χ2v) is 4.18. The van der Waals surface area contributed by atoms with Crippen LogP contribution in [0.5, 0.6) is 0 Å².